The number of anilines is 2. The number of carbonyl (C=O) groups excluding carboxylic acids is 1. The quantitative estimate of drug-likeness (QED) is 0.886. The van der Waals surface area contributed by atoms with E-state index in [0.29, 0.717) is 17.3 Å². The maximum absolute atomic E-state index is 13.5. The minimum absolute atomic E-state index is 0.0241. The second-order valence-electron chi connectivity index (χ2n) is 4.33. The Bertz CT molecular complexity index is 632. The van der Waals surface area contributed by atoms with E-state index in [0.717, 1.165) is 5.56 Å². The lowest BCUT2D eigenvalue weighted by Gasteiger charge is -2.09. The molecule has 0 unspecified atom stereocenters. The van der Waals surface area contributed by atoms with Crippen LogP contribution in [0.1, 0.15) is 5.56 Å². The molecule has 6 heteroatoms. The van der Waals surface area contributed by atoms with E-state index in [2.05, 4.69) is 10.6 Å². The van der Waals surface area contributed by atoms with Crippen LogP contribution in [0.5, 0.6) is 0 Å². The fraction of sp³-hybridized carbons (Fsp3) is 0.133. The van der Waals surface area contributed by atoms with Crippen molar-refractivity contribution in [1.29, 1.82) is 0 Å². The molecule has 4 nitrogen and oxygen atoms in total. The van der Waals surface area contributed by atoms with E-state index in [1.807, 2.05) is 12.1 Å². The minimum Gasteiger partial charge on any atom is -0.380 e. The summed E-state index contributed by atoms with van der Waals surface area (Å²) in [5.41, 5.74) is 1.61. The second-order valence-corrected chi connectivity index (χ2v) is 4.77. The number of rotatable bonds is 4. The number of nitrogens with one attached hydrogen (secondary N) is 2. The summed E-state index contributed by atoms with van der Waals surface area (Å²) in [7, 11) is 1.61. The van der Waals surface area contributed by atoms with Gasteiger partial charge in [0.1, 0.15) is 5.82 Å². The zero-order valence-corrected chi connectivity index (χ0v) is 12.1. The number of ether oxygens (including phenoxy) is 1. The van der Waals surface area contributed by atoms with Gasteiger partial charge in [-0.05, 0) is 35.9 Å². The molecule has 21 heavy (non-hydrogen) atoms. The standard InChI is InChI=1S/C15H14ClFN2O2/c1-21-9-10-2-5-12(6-3-10)18-15(20)19-14-8-11(16)4-7-13(14)17/h2-8H,9H2,1H3,(H2,18,19,20). The van der Waals surface area contributed by atoms with Gasteiger partial charge in [-0.2, -0.15) is 0 Å². The average molecular weight is 309 g/mol. The van der Waals surface area contributed by atoms with Crippen LogP contribution in [0.4, 0.5) is 20.6 Å². The van der Waals surface area contributed by atoms with Crippen LogP contribution in [-0.2, 0) is 11.3 Å². The number of hydrogen-bond acceptors (Lipinski definition) is 2. The summed E-state index contributed by atoms with van der Waals surface area (Å²) >= 11 is 5.76. The Labute approximate surface area is 126 Å². The Balaban J connectivity index is 1.99. The van der Waals surface area contributed by atoms with Crippen LogP contribution in [0.2, 0.25) is 5.02 Å². The third-order valence-electron chi connectivity index (χ3n) is 2.70. The molecule has 0 fully saturated rings. The van der Waals surface area contributed by atoms with Gasteiger partial charge in [-0.1, -0.05) is 23.7 Å². The topological polar surface area (TPSA) is 50.4 Å². The molecule has 0 aliphatic heterocycles. The molecular formula is C15H14ClFN2O2. The van der Waals surface area contributed by atoms with Crippen molar-refractivity contribution in [3.05, 3.63) is 58.9 Å². The first-order chi connectivity index (χ1) is 10.1. The summed E-state index contributed by atoms with van der Waals surface area (Å²) in [4.78, 5) is 11.8. The summed E-state index contributed by atoms with van der Waals surface area (Å²) in [6.07, 6.45) is 0. The smallest absolute Gasteiger partial charge is 0.323 e. The zero-order chi connectivity index (χ0) is 15.2. The van der Waals surface area contributed by atoms with Crippen LogP contribution in [0.25, 0.3) is 0 Å². The summed E-state index contributed by atoms with van der Waals surface area (Å²) in [6.45, 7) is 0.500. The van der Waals surface area contributed by atoms with E-state index < -0.39 is 11.8 Å². The predicted octanol–water partition coefficient (Wildman–Crippen LogP) is 4.27. The Kier molecular flexibility index (Phi) is 5.14. The molecule has 0 saturated carbocycles. The van der Waals surface area contributed by atoms with E-state index in [-0.39, 0.29) is 5.69 Å². The number of hydrogen-bond donors (Lipinski definition) is 2. The minimum atomic E-state index is -0.551. The summed E-state index contributed by atoms with van der Waals surface area (Å²) in [6, 6.07) is 10.5. The van der Waals surface area contributed by atoms with E-state index in [9.17, 15) is 9.18 Å². The fourth-order valence-corrected chi connectivity index (χ4v) is 1.90. The zero-order valence-electron chi connectivity index (χ0n) is 11.3. The number of carbonyl (C=O) groups is 1. The maximum Gasteiger partial charge on any atom is 0.323 e. The Hall–Kier alpha value is -2.11. The van der Waals surface area contributed by atoms with Gasteiger partial charge >= 0.3 is 6.03 Å². The molecule has 2 amide bonds. The van der Waals surface area contributed by atoms with Crippen LogP contribution in [0.3, 0.4) is 0 Å². The van der Waals surface area contributed by atoms with Crippen LogP contribution < -0.4 is 10.6 Å². The number of amides is 2. The highest BCUT2D eigenvalue weighted by Crippen LogP contribution is 2.20. The van der Waals surface area contributed by atoms with Crippen molar-refractivity contribution < 1.29 is 13.9 Å². The van der Waals surface area contributed by atoms with E-state index in [1.165, 1.54) is 18.2 Å². The van der Waals surface area contributed by atoms with Crippen molar-refractivity contribution in [3.63, 3.8) is 0 Å². The van der Waals surface area contributed by atoms with Crippen molar-refractivity contribution in [3.8, 4) is 0 Å². The van der Waals surface area contributed by atoms with E-state index in [1.54, 1.807) is 19.2 Å². The summed E-state index contributed by atoms with van der Waals surface area (Å²) < 4.78 is 18.5. The normalized spacial score (nSPS) is 10.2. The van der Waals surface area contributed by atoms with Gasteiger partial charge < -0.3 is 15.4 Å². The Morgan fingerprint density at radius 1 is 1.19 bits per heavy atom. The molecule has 0 aliphatic carbocycles. The van der Waals surface area contributed by atoms with Crippen molar-refractivity contribution in [1.82, 2.24) is 0 Å². The first-order valence-electron chi connectivity index (χ1n) is 6.19. The highest BCUT2D eigenvalue weighted by molar-refractivity contribution is 6.30. The van der Waals surface area contributed by atoms with Crippen LogP contribution in [-0.4, -0.2) is 13.1 Å². The van der Waals surface area contributed by atoms with Crippen LogP contribution >= 0.6 is 11.6 Å². The lowest BCUT2D eigenvalue weighted by molar-refractivity contribution is 0.185. The molecule has 0 bridgehead atoms. The first-order valence-corrected chi connectivity index (χ1v) is 6.57. The number of benzene rings is 2. The van der Waals surface area contributed by atoms with Gasteiger partial charge in [0.05, 0.1) is 12.3 Å². The van der Waals surface area contributed by atoms with Crippen molar-refractivity contribution in [2.75, 3.05) is 17.7 Å². The molecular weight excluding hydrogens is 295 g/mol. The highest BCUT2D eigenvalue weighted by atomic mass is 35.5. The van der Waals surface area contributed by atoms with Gasteiger partial charge in [-0.3, -0.25) is 0 Å². The molecule has 110 valence electrons. The molecule has 0 aliphatic rings. The van der Waals surface area contributed by atoms with Crippen molar-refractivity contribution in [2.45, 2.75) is 6.61 Å². The van der Waals surface area contributed by atoms with Crippen LogP contribution in [0.15, 0.2) is 42.5 Å². The SMILES string of the molecule is COCc1ccc(NC(=O)Nc2cc(Cl)ccc2F)cc1. The number of urea groups is 1. The largest absolute Gasteiger partial charge is 0.380 e. The molecule has 2 aromatic rings. The Morgan fingerprint density at radius 2 is 1.90 bits per heavy atom. The van der Waals surface area contributed by atoms with Crippen molar-refractivity contribution in [2.24, 2.45) is 0 Å². The second kappa shape index (κ2) is 7.06. The van der Waals surface area contributed by atoms with Gasteiger partial charge in [0.15, 0.2) is 0 Å². The van der Waals surface area contributed by atoms with Gasteiger partial charge in [-0.25, -0.2) is 9.18 Å². The van der Waals surface area contributed by atoms with Crippen LogP contribution in [0, 0.1) is 5.82 Å². The fourth-order valence-electron chi connectivity index (χ4n) is 1.73. The highest BCUT2D eigenvalue weighted by Gasteiger charge is 2.07. The molecule has 0 aromatic heterocycles. The molecule has 2 N–H and O–H groups in total. The molecule has 0 spiro atoms. The molecule has 0 radical (unpaired) electrons. The van der Waals surface area contributed by atoms with Gasteiger partial charge in [0.25, 0.3) is 0 Å². The van der Waals surface area contributed by atoms with E-state index >= 15 is 0 Å². The molecule has 0 heterocycles. The first kappa shape index (κ1) is 15.3. The third-order valence-corrected chi connectivity index (χ3v) is 2.93. The number of halogens is 2. The third kappa shape index (κ3) is 4.44. The van der Waals surface area contributed by atoms with Crippen molar-refractivity contribution >= 4 is 29.0 Å². The van der Waals surface area contributed by atoms with Gasteiger partial charge in [0, 0.05) is 17.8 Å². The lowest BCUT2D eigenvalue weighted by Crippen LogP contribution is -2.20. The maximum atomic E-state index is 13.5. The van der Waals surface area contributed by atoms with Gasteiger partial charge in [0.2, 0.25) is 0 Å². The predicted molar refractivity (Wildman–Crippen MR) is 81.2 cm³/mol. The average Bonchev–Trinajstić information content (AvgIpc) is 2.45. The summed E-state index contributed by atoms with van der Waals surface area (Å²) in [5.74, 6) is -0.551. The number of methoxy groups -OCH3 is 1. The molecule has 2 aromatic carbocycles. The van der Waals surface area contributed by atoms with Gasteiger partial charge in [-0.15, -0.1) is 0 Å². The molecule has 0 saturated heterocycles. The monoisotopic (exact) mass is 308 g/mol. The Morgan fingerprint density at radius 3 is 2.57 bits per heavy atom. The van der Waals surface area contributed by atoms with E-state index in [4.69, 9.17) is 16.3 Å². The summed E-state index contributed by atoms with van der Waals surface area (Å²) in [5, 5.41) is 5.35. The lowest BCUT2D eigenvalue weighted by atomic mass is 10.2. The molecule has 2 rings (SSSR count). The molecule has 0 atom stereocenters.